The molecular formula is C91H123Ir3N8O7Si3-3. The molecule has 0 aliphatic carbocycles. The maximum atomic E-state index is 11.5. The zero-order valence-corrected chi connectivity index (χ0v) is 82.9. The van der Waals surface area contributed by atoms with Gasteiger partial charge in [0.1, 0.15) is 42.0 Å². The van der Waals surface area contributed by atoms with Crippen molar-refractivity contribution in [2.24, 2.45) is 32.5 Å². The van der Waals surface area contributed by atoms with Crippen LogP contribution in [0, 0.1) is 78.0 Å². The molecule has 0 bridgehead atoms. The standard InChI is InChI=1S/C20H24N3Si.C19H18N3Si.C19H21N2OSi.3C11H20O2.3Ir/c1-14-11-15(7-10-19(14)24(4,5)6)20-17-9-8-16(23(2)3)12-18(17)21-13-22-20;1-13-10-14(6-9-18(13)23(3,4)5)19-16-8-7-15(20-2)11-17(16)21-12-22-19;1-13-10-14(6-9-18(13)23(3,4)5)19-16-8-7-15(22-2)11-17(16)20-12-21-19;3*1-10(2,3)8(12)7-9(13)11(4,5)6;;;/h8-13H,1-6H3;7-12H,1,3-5H3;7-12H,1-5H3;3*7,12H,1-6H3;;;/q3*-1;;;;;;. The Kier molecular flexibility index (Phi) is 37.8. The van der Waals surface area contributed by atoms with Gasteiger partial charge in [0.25, 0.3) is 0 Å². The molecule has 0 unspecified atom stereocenters. The second kappa shape index (κ2) is 41.3. The Bertz CT molecular complexity index is 4750. The van der Waals surface area contributed by atoms with E-state index in [2.05, 4.69) is 192 Å². The molecule has 0 amide bonds. The number of hydrogen-bond acceptors (Lipinski definition) is 14. The van der Waals surface area contributed by atoms with E-state index in [1.165, 1.54) is 50.5 Å². The van der Waals surface area contributed by atoms with Crippen LogP contribution in [0.3, 0.4) is 0 Å². The summed E-state index contributed by atoms with van der Waals surface area (Å²) in [6.45, 7) is 68.2. The quantitative estimate of drug-likeness (QED) is 0.0477. The molecule has 0 aliphatic rings. The molecule has 3 heterocycles. The van der Waals surface area contributed by atoms with Crippen molar-refractivity contribution in [1.29, 1.82) is 0 Å². The number of benzene rings is 6. The zero-order chi connectivity index (χ0) is 83.3. The van der Waals surface area contributed by atoms with Crippen LogP contribution in [-0.4, -0.2) is 108 Å². The first kappa shape index (κ1) is 103. The molecule has 21 heteroatoms. The van der Waals surface area contributed by atoms with Crippen LogP contribution in [0.2, 0.25) is 58.9 Å². The number of anilines is 1. The minimum Gasteiger partial charge on any atom is -0.512 e. The van der Waals surface area contributed by atoms with Crippen LogP contribution in [0.1, 0.15) is 141 Å². The Morgan fingerprint density at radius 2 is 0.696 bits per heavy atom. The maximum Gasteiger partial charge on any atom is 0.189 e. The van der Waals surface area contributed by atoms with Gasteiger partial charge in [-0.2, -0.15) is 0 Å². The molecule has 0 fully saturated rings. The number of carbonyl (C=O) groups excluding carboxylic acids is 3. The third-order valence-electron chi connectivity index (χ3n) is 17.7. The number of aromatic nitrogens is 6. The van der Waals surface area contributed by atoms with E-state index >= 15 is 0 Å². The fourth-order valence-electron chi connectivity index (χ4n) is 10.6. The van der Waals surface area contributed by atoms with E-state index in [0.717, 1.165) is 77.9 Å². The van der Waals surface area contributed by atoms with Crippen LogP contribution < -0.4 is 25.2 Å². The van der Waals surface area contributed by atoms with E-state index < -0.39 is 40.5 Å². The van der Waals surface area contributed by atoms with Crippen LogP contribution in [0.15, 0.2) is 145 Å². The largest absolute Gasteiger partial charge is 0.512 e. The van der Waals surface area contributed by atoms with Crippen LogP contribution in [0.4, 0.5) is 11.4 Å². The van der Waals surface area contributed by atoms with E-state index in [1.807, 2.05) is 169 Å². The molecule has 3 radical (unpaired) electrons. The second-order valence-corrected chi connectivity index (χ2v) is 52.3. The van der Waals surface area contributed by atoms with E-state index in [-0.39, 0.29) is 111 Å². The Morgan fingerprint density at radius 3 is 0.946 bits per heavy atom. The third kappa shape index (κ3) is 30.5. The van der Waals surface area contributed by atoms with Gasteiger partial charge in [0, 0.05) is 161 Å². The Hall–Kier alpha value is -7.34. The SMILES string of the molecule is CC(C)(C)C(=O)C=C(O)C(C)(C)C.CC(C)(C)C(=O)C=C(O)C(C)(C)C.CC(C)(C)C(=O)C=C(O)C(C)(C)C.COc1ccc2c(-c3[c-]cc([Si](C)(C)C)c(C)c3)ncnc2c1.Cc1cc(-c2ncnc3cc(N(C)C)ccc23)[c-]cc1[Si](C)(C)C.[C-]#[N+]c1ccc2c(-c3[c-]cc([Si](C)(C)C)c(C)c3)ncnc2c1.[Ir].[Ir].[Ir]. The first-order valence-electron chi connectivity index (χ1n) is 37.0. The number of ether oxygens (including phenoxy) is 1. The van der Waals surface area contributed by atoms with Crippen LogP contribution >= 0.6 is 0 Å². The molecule has 15 nitrogen and oxygen atoms in total. The Morgan fingerprint density at radius 1 is 0.420 bits per heavy atom. The van der Waals surface area contributed by atoms with Crippen LogP contribution in [0.25, 0.3) is 71.3 Å². The number of aliphatic hydroxyl groups is 3. The van der Waals surface area contributed by atoms with Crippen molar-refractivity contribution in [3.05, 3.63) is 192 Å². The molecule has 0 spiro atoms. The van der Waals surface area contributed by atoms with Crippen molar-refractivity contribution >= 4 is 101 Å². The molecule has 611 valence electrons. The molecule has 3 N–H and O–H groups in total. The number of ketones is 3. The molecule has 3 aromatic heterocycles. The van der Waals surface area contributed by atoms with Crippen molar-refractivity contribution in [1.82, 2.24) is 29.9 Å². The minimum absolute atomic E-state index is 0. The number of allylic oxidation sites excluding steroid dienone is 6. The number of rotatable bonds is 11. The predicted octanol–water partition coefficient (Wildman–Crippen LogP) is 21.7. The molecule has 112 heavy (non-hydrogen) atoms. The first-order chi connectivity index (χ1) is 49.7. The van der Waals surface area contributed by atoms with Crippen molar-refractivity contribution < 1.29 is 94.8 Å². The van der Waals surface area contributed by atoms with E-state index in [0.29, 0.717) is 5.69 Å². The number of aryl methyl sites for hydroxylation is 3. The van der Waals surface area contributed by atoms with Crippen molar-refractivity contribution in [2.75, 3.05) is 26.1 Å². The van der Waals surface area contributed by atoms with Gasteiger partial charge in [-0.05, 0) is 57.5 Å². The van der Waals surface area contributed by atoms with Gasteiger partial charge in [0.2, 0.25) is 0 Å². The summed E-state index contributed by atoms with van der Waals surface area (Å²) < 4.78 is 5.28. The number of nitrogens with zero attached hydrogens (tertiary/aromatic N) is 8. The van der Waals surface area contributed by atoms with Crippen molar-refractivity contribution in [3.8, 4) is 39.5 Å². The topological polar surface area (TPSA) is 206 Å². The summed E-state index contributed by atoms with van der Waals surface area (Å²) in [5.74, 6) is 1.11. The summed E-state index contributed by atoms with van der Waals surface area (Å²) in [7, 11) is 1.68. The van der Waals surface area contributed by atoms with Gasteiger partial charge in [-0.25, -0.2) is 19.8 Å². The summed E-state index contributed by atoms with van der Waals surface area (Å²) in [6, 6.07) is 41.1. The molecule has 0 saturated heterocycles. The molecule has 0 atom stereocenters. The van der Waals surface area contributed by atoms with Crippen LogP contribution in [0.5, 0.6) is 5.75 Å². The fourth-order valence-corrected chi connectivity index (χ4v) is 15.8. The molecule has 0 aliphatic heterocycles. The number of methoxy groups -OCH3 is 1. The Labute approximate surface area is 714 Å². The van der Waals surface area contributed by atoms with Gasteiger partial charge in [0.05, 0.1) is 30.2 Å². The number of aliphatic hydroxyl groups excluding tert-OH is 3. The van der Waals surface area contributed by atoms with Crippen molar-refractivity contribution in [3.63, 3.8) is 0 Å². The molecule has 6 aromatic carbocycles. The molecule has 9 rings (SSSR count). The average molecular weight is 2100 g/mol. The Balaban J connectivity index is 0.000000684. The van der Waals surface area contributed by atoms with E-state index in [1.54, 1.807) is 32.2 Å². The average Bonchev–Trinajstić information content (AvgIpc) is 0.792. The zero-order valence-electron chi connectivity index (χ0n) is 72.7. The summed E-state index contributed by atoms with van der Waals surface area (Å²) in [6.07, 6.45) is 8.81. The number of carbonyl (C=O) groups is 3. The molecular weight excluding hydrogens is 1980 g/mol. The summed E-state index contributed by atoms with van der Waals surface area (Å²) in [4.78, 5) is 66.6. The molecule has 9 aromatic rings. The van der Waals surface area contributed by atoms with Crippen LogP contribution in [-0.2, 0) is 74.7 Å². The fraction of sp³-hybridized carbons (Fsp3) is 0.429. The smallest absolute Gasteiger partial charge is 0.189 e. The monoisotopic (exact) mass is 2100 g/mol. The molecule has 0 saturated carbocycles. The number of hydrogen-bond donors (Lipinski definition) is 3. The van der Waals surface area contributed by atoms with Gasteiger partial charge in [-0.3, -0.25) is 29.3 Å². The van der Waals surface area contributed by atoms with Gasteiger partial charge >= 0.3 is 0 Å². The normalized spacial score (nSPS) is 12.3. The summed E-state index contributed by atoms with van der Waals surface area (Å²) in [5.41, 5.74) is 11.8. The van der Waals surface area contributed by atoms with Gasteiger partial charge in [-0.15, -0.1) is 104 Å². The summed E-state index contributed by atoms with van der Waals surface area (Å²) >= 11 is 0. The summed E-state index contributed by atoms with van der Waals surface area (Å²) in [5, 5.41) is 36.1. The third-order valence-corrected chi connectivity index (χ3v) is 24.2. The first-order valence-corrected chi connectivity index (χ1v) is 47.5. The van der Waals surface area contributed by atoms with E-state index in [9.17, 15) is 29.7 Å². The van der Waals surface area contributed by atoms with E-state index in [4.69, 9.17) is 11.3 Å². The van der Waals surface area contributed by atoms with Gasteiger partial charge in [-0.1, -0.05) is 229 Å². The number of fused-ring (bicyclic) bond motifs is 3. The predicted molar refractivity (Wildman–Crippen MR) is 466 cm³/mol. The van der Waals surface area contributed by atoms with Gasteiger partial charge in [0.15, 0.2) is 23.0 Å². The minimum atomic E-state index is -1.37. The van der Waals surface area contributed by atoms with Crippen molar-refractivity contribution in [2.45, 2.75) is 204 Å². The van der Waals surface area contributed by atoms with Gasteiger partial charge < -0.3 is 25.0 Å². The second-order valence-electron chi connectivity index (χ2n) is 37.2. The maximum absolute atomic E-state index is 11.5.